The summed E-state index contributed by atoms with van der Waals surface area (Å²) in [6.07, 6.45) is 3.03. The second-order valence-corrected chi connectivity index (χ2v) is 11.0. The number of sulfonamides is 1. The van der Waals surface area contributed by atoms with E-state index in [0.717, 1.165) is 18.6 Å². The van der Waals surface area contributed by atoms with E-state index in [2.05, 4.69) is 6.07 Å². The molecule has 2 aromatic carbocycles. The lowest BCUT2D eigenvalue weighted by atomic mass is 9.63. The summed E-state index contributed by atoms with van der Waals surface area (Å²) in [4.78, 5) is 0. The molecule has 1 saturated carbocycles. The molecular formula is C22H22Cl2N2O5S. The highest BCUT2D eigenvalue weighted by Crippen LogP contribution is 2.50. The van der Waals surface area contributed by atoms with Gasteiger partial charge in [0, 0.05) is 30.6 Å². The SMILES string of the molecule is CS(=O)(=O)N1CC2(CC(Oc3ccc(Oc4cc(Cl)c(OCCCl)c(C#N)c4)cc3)C2)C1. The van der Waals surface area contributed by atoms with E-state index >= 15 is 0 Å². The minimum atomic E-state index is -3.09. The molecule has 2 aliphatic rings. The van der Waals surface area contributed by atoms with Gasteiger partial charge in [-0.25, -0.2) is 12.7 Å². The number of halogens is 2. The van der Waals surface area contributed by atoms with Crippen molar-refractivity contribution in [3.63, 3.8) is 0 Å². The highest BCUT2D eigenvalue weighted by atomic mass is 35.5. The lowest BCUT2D eigenvalue weighted by Gasteiger charge is -2.57. The van der Waals surface area contributed by atoms with Crippen LogP contribution >= 0.6 is 23.2 Å². The van der Waals surface area contributed by atoms with E-state index in [0.29, 0.717) is 24.6 Å². The van der Waals surface area contributed by atoms with Gasteiger partial charge in [-0.2, -0.15) is 5.26 Å². The lowest BCUT2D eigenvalue weighted by molar-refractivity contribution is -0.0868. The predicted octanol–water partition coefficient (Wildman–Crippen LogP) is 4.42. The van der Waals surface area contributed by atoms with E-state index in [-0.39, 0.29) is 40.3 Å². The molecule has 170 valence electrons. The molecular weight excluding hydrogens is 475 g/mol. The zero-order valence-corrected chi connectivity index (χ0v) is 19.7. The third kappa shape index (κ3) is 4.91. The number of nitriles is 1. The summed E-state index contributed by atoms with van der Waals surface area (Å²) < 4.78 is 41.9. The molecule has 10 heteroatoms. The van der Waals surface area contributed by atoms with Crippen LogP contribution in [0.4, 0.5) is 0 Å². The summed E-state index contributed by atoms with van der Waals surface area (Å²) in [5.41, 5.74) is 0.343. The number of rotatable bonds is 8. The first kappa shape index (κ1) is 23.0. The number of benzene rings is 2. The summed E-state index contributed by atoms with van der Waals surface area (Å²) in [7, 11) is -3.09. The molecule has 4 rings (SSSR count). The Morgan fingerprint density at radius 3 is 2.41 bits per heavy atom. The number of hydrogen-bond acceptors (Lipinski definition) is 6. The van der Waals surface area contributed by atoms with Crippen molar-refractivity contribution in [3.8, 4) is 29.1 Å². The minimum Gasteiger partial charge on any atom is -0.490 e. The second kappa shape index (κ2) is 8.99. The van der Waals surface area contributed by atoms with E-state index < -0.39 is 10.0 Å². The maximum Gasteiger partial charge on any atom is 0.211 e. The van der Waals surface area contributed by atoms with E-state index in [1.165, 1.54) is 10.6 Å². The van der Waals surface area contributed by atoms with Crippen molar-refractivity contribution in [2.24, 2.45) is 5.41 Å². The Hall–Kier alpha value is -2.18. The van der Waals surface area contributed by atoms with Crippen molar-refractivity contribution in [1.29, 1.82) is 5.26 Å². The first-order valence-corrected chi connectivity index (χ1v) is 12.8. The molecule has 7 nitrogen and oxygen atoms in total. The maximum atomic E-state index is 11.5. The standard InChI is InChI=1S/C22H22Cl2N2O5S/c1-32(27,28)26-13-22(14-26)10-19(11-22)31-17-4-2-16(3-5-17)30-18-8-15(12-25)21(20(24)9-18)29-7-6-23/h2-5,8-9,19H,6-7,10-11,13-14H2,1H3. The molecule has 0 atom stereocenters. The van der Waals surface area contributed by atoms with Crippen LogP contribution in [0.15, 0.2) is 36.4 Å². The Kier molecular flexibility index (Phi) is 6.46. The number of hydrogen-bond donors (Lipinski definition) is 0. The Bertz CT molecular complexity index is 1130. The quantitative estimate of drug-likeness (QED) is 0.502. The first-order chi connectivity index (χ1) is 15.2. The average molecular weight is 497 g/mol. The van der Waals surface area contributed by atoms with Gasteiger partial charge < -0.3 is 14.2 Å². The van der Waals surface area contributed by atoms with E-state index in [9.17, 15) is 13.7 Å². The van der Waals surface area contributed by atoms with Gasteiger partial charge in [-0.05, 0) is 37.1 Å². The zero-order chi connectivity index (χ0) is 22.9. The highest BCUT2D eigenvalue weighted by molar-refractivity contribution is 7.88. The van der Waals surface area contributed by atoms with Gasteiger partial charge >= 0.3 is 0 Å². The Labute approximate surface area is 197 Å². The van der Waals surface area contributed by atoms with E-state index in [4.69, 9.17) is 37.4 Å². The molecule has 0 unspecified atom stereocenters. The lowest BCUT2D eigenvalue weighted by Crippen LogP contribution is -2.65. The Balaban J connectivity index is 1.32. The Morgan fingerprint density at radius 2 is 1.81 bits per heavy atom. The fraction of sp³-hybridized carbons (Fsp3) is 0.409. The zero-order valence-electron chi connectivity index (χ0n) is 17.4. The molecule has 2 fully saturated rings. The minimum absolute atomic E-state index is 0.0775. The normalized spacial score (nSPS) is 17.8. The Morgan fingerprint density at radius 1 is 1.16 bits per heavy atom. The largest absolute Gasteiger partial charge is 0.490 e. The molecule has 2 aromatic rings. The first-order valence-electron chi connectivity index (χ1n) is 10.0. The summed E-state index contributed by atoms with van der Waals surface area (Å²) in [6, 6.07) is 12.4. The molecule has 0 bridgehead atoms. The van der Waals surface area contributed by atoms with Crippen LogP contribution in [0.2, 0.25) is 5.02 Å². The molecule has 0 N–H and O–H groups in total. The van der Waals surface area contributed by atoms with Gasteiger partial charge in [0.2, 0.25) is 10.0 Å². The summed E-state index contributed by atoms with van der Waals surface area (Å²) in [6.45, 7) is 1.42. The van der Waals surface area contributed by atoms with Crippen molar-refractivity contribution in [3.05, 3.63) is 47.0 Å². The van der Waals surface area contributed by atoms with E-state index in [1.807, 2.05) is 12.1 Å². The van der Waals surface area contributed by atoms with Gasteiger partial charge in [0.25, 0.3) is 0 Å². The molecule has 32 heavy (non-hydrogen) atoms. The number of alkyl halides is 1. The van der Waals surface area contributed by atoms with Gasteiger partial charge in [-0.15, -0.1) is 11.6 Å². The second-order valence-electron chi connectivity index (χ2n) is 8.18. The summed E-state index contributed by atoms with van der Waals surface area (Å²) in [5, 5.41) is 9.64. The molecule has 0 amide bonds. The third-order valence-corrected chi connectivity index (χ3v) is 7.27. The topological polar surface area (TPSA) is 88.9 Å². The van der Waals surface area contributed by atoms with Crippen LogP contribution in [-0.4, -0.2) is 50.7 Å². The molecule has 1 aliphatic heterocycles. The summed E-state index contributed by atoms with van der Waals surface area (Å²) in [5.74, 6) is 2.28. The van der Waals surface area contributed by atoms with Crippen LogP contribution in [0.3, 0.4) is 0 Å². The van der Waals surface area contributed by atoms with Gasteiger partial charge in [-0.1, -0.05) is 11.6 Å². The van der Waals surface area contributed by atoms with Gasteiger partial charge in [0.15, 0.2) is 5.75 Å². The number of ether oxygens (including phenoxy) is 3. The van der Waals surface area contributed by atoms with Crippen LogP contribution in [0.5, 0.6) is 23.0 Å². The van der Waals surface area contributed by atoms with Gasteiger partial charge in [0.1, 0.15) is 29.9 Å². The van der Waals surface area contributed by atoms with Crippen molar-refractivity contribution in [1.82, 2.24) is 4.31 Å². The van der Waals surface area contributed by atoms with Crippen LogP contribution < -0.4 is 14.2 Å². The predicted molar refractivity (Wildman–Crippen MR) is 121 cm³/mol. The van der Waals surface area contributed by atoms with Crippen molar-refractivity contribution >= 4 is 33.2 Å². The van der Waals surface area contributed by atoms with Crippen molar-refractivity contribution < 1.29 is 22.6 Å². The maximum absolute atomic E-state index is 11.5. The smallest absolute Gasteiger partial charge is 0.211 e. The van der Waals surface area contributed by atoms with Gasteiger partial charge in [0.05, 0.1) is 28.8 Å². The van der Waals surface area contributed by atoms with Crippen LogP contribution in [-0.2, 0) is 10.0 Å². The molecule has 0 radical (unpaired) electrons. The van der Waals surface area contributed by atoms with E-state index in [1.54, 1.807) is 24.3 Å². The van der Waals surface area contributed by atoms with Crippen LogP contribution in [0.25, 0.3) is 0 Å². The molecule has 1 aliphatic carbocycles. The molecule has 1 heterocycles. The van der Waals surface area contributed by atoms with Crippen LogP contribution in [0.1, 0.15) is 18.4 Å². The number of nitrogens with zero attached hydrogens (tertiary/aromatic N) is 2. The van der Waals surface area contributed by atoms with Gasteiger partial charge in [-0.3, -0.25) is 0 Å². The molecule has 1 spiro atoms. The highest BCUT2D eigenvalue weighted by Gasteiger charge is 2.55. The van der Waals surface area contributed by atoms with Crippen molar-refractivity contribution in [2.45, 2.75) is 18.9 Å². The fourth-order valence-corrected chi connectivity index (χ4v) is 5.45. The fourth-order valence-electron chi connectivity index (χ4n) is 4.10. The molecule has 1 saturated heterocycles. The average Bonchev–Trinajstić information content (AvgIpc) is 2.68. The monoisotopic (exact) mass is 496 g/mol. The molecule has 0 aromatic heterocycles. The third-order valence-electron chi connectivity index (χ3n) is 5.64. The summed E-state index contributed by atoms with van der Waals surface area (Å²) >= 11 is 11.9. The van der Waals surface area contributed by atoms with Crippen LogP contribution in [0, 0.1) is 16.7 Å². The van der Waals surface area contributed by atoms with Crippen molar-refractivity contribution in [2.75, 3.05) is 31.8 Å².